The predicted octanol–water partition coefficient (Wildman–Crippen LogP) is 0.118. The first-order chi connectivity index (χ1) is 6.66. The monoisotopic (exact) mass is 261 g/mol. The van der Waals surface area contributed by atoms with Crippen molar-refractivity contribution in [3.63, 3.8) is 0 Å². The number of aliphatic hydroxyl groups is 1. The molecule has 0 aromatic carbocycles. The smallest absolute Gasteiger partial charge is 0.392 e. The second-order valence-electron chi connectivity index (χ2n) is 2.62. The van der Waals surface area contributed by atoms with E-state index in [0.29, 0.717) is 5.57 Å². The standard InChI is InChI=1S/C5H13NO7P2/c1-5(4-7)2-3-12-14(6,8)13-15(9,10)11/h2,7H,3-4H2,1H3,(H2,6,8)(H2,9,10,11)/b5-2+. The minimum absolute atomic E-state index is 0.211. The van der Waals surface area contributed by atoms with Gasteiger partial charge in [0.2, 0.25) is 0 Å². The van der Waals surface area contributed by atoms with Gasteiger partial charge in [-0.1, -0.05) is 6.08 Å². The van der Waals surface area contributed by atoms with Crippen LogP contribution in [0.15, 0.2) is 11.6 Å². The van der Waals surface area contributed by atoms with Gasteiger partial charge in [-0.3, -0.25) is 4.52 Å². The fraction of sp³-hybridized carbons (Fsp3) is 0.600. The second kappa shape index (κ2) is 5.89. The van der Waals surface area contributed by atoms with Crippen LogP contribution in [0.3, 0.4) is 0 Å². The molecule has 1 atom stereocenters. The molecule has 8 nitrogen and oxygen atoms in total. The van der Waals surface area contributed by atoms with Crippen molar-refractivity contribution >= 4 is 15.6 Å². The van der Waals surface area contributed by atoms with Gasteiger partial charge in [0.15, 0.2) is 0 Å². The lowest BCUT2D eigenvalue weighted by Crippen LogP contribution is -2.03. The van der Waals surface area contributed by atoms with Crippen LogP contribution in [0, 0.1) is 0 Å². The summed E-state index contributed by atoms with van der Waals surface area (Å²) in [6.07, 6.45) is 1.35. The largest absolute Gasteiger partial charge is 0.477 e. The molecule has 0 aliphatic rings. The third-order valence-electron chi connectivity index (χ3n) is 1.16. The lowest BCUT2D eigenvalue weighted by molar-refractivity contribution is 0.238. The fourth-order valence-electron chi connectivity index (χ4n) is 0.520. The number of nitrogens with two attached hydrogens (primary N) is 1. The van der Waals surface area contributed by atoms with Crippen molar-refractivity contribution < 1.29 is 32.9 Å². The van der Waals surface area contributed by atoms with Crippen molar-refractivity contribution in [2.45, 2.75) is 6.92 Å². The summed E-state index contributed by atoms with van der Waals surface area (Å²) in [5, 5.41) is 8.57. The highest BCUT2D eigenvalue weighted by Gasteiger charge is 2.29. The van der Waals surface area contributed by atoms with Crippen LogP contribution in [0.25, 0.3) is 0 Å². The summed E-state index contributed by atoms with van der Waals surface area (Å²) in [5.74, 6) is 0. The number of rotatable bonds is 6. The van der Waals surface area contributed by atoms with E-state index < -0.39 is 15.6 Å². The molecule has 0 aromatic rings. The molecule has 0 heterocycles. The van der Waals surface area contributed by atoms with E-state index in [4.69, 9.17) is 20.4 Å². The summed E-state index contributed by atoms with van der Waals surface area (Å²) >= 11 is 0. The average Bonchev–Trinajstić information content (AvgIpc) is 1.98. The maximum atomic E-state index is 11.0. The van der Waals surface area contributed by atoms with Crippen LogP contribution in [0.4, 0.5) is 0 Å². The van der Waals surface area contributed by atoms with Gasteiger partial charge in [-0.2, -0.15) is 4.31 Å². The summed E-state index contributed by atoms with van der Waals surface area (Å²) in [7, 11) is -9.21. The molecule has 0 saturated carbocycles. The zero-order valence-corrected chi connectivity index (χ0v) is 9.73. The highest BCUT2D eigenvalue weighted by Crippen LogP contribution is 2.55. The van der Waals surface area contributed by atoms with Gasteiger partial charge < -0.3 is 14.9 Å². The number of phosphoric acid groups is 1. The summed E-state index contributed by atoms with van der Waals surface area (Å²) < 4.78 is 29.5. The van der Waals surface area contributed by atoms with Crippen molar-refractivity contribution in [1.82, 2.24) is 0 Å². The number of aliphatic hydroxyl groups excluding tert-OH is 1. The number of hydrogen-bond acceptors (Lipinski definition) is 5. The Morgan fingerprint density at radius 2 is 2.00 bits per heavy atom. The summed E-state index contributed by atoms with van der Waals surface area (Å²) in [4.78, 5) is 16.6. The molecule has 0 amide bonds. The van der Waals surface area contributed by atoms with E-state index in [1.54, 1.807) is 6.92 Å². The number of hydrogen-bond donors (Lipinski definition) is 4. The van der Waals surface area contributed by atoms with Gasteiger partial charge in [-0.25, -0.2) is 14.6 Å². The van der Waals surface area contributed by atoms with Gasteiger partial charge in [0, 0.05) is 0 Å². The Kier molecular flexibility index (Phi) is 5.87. The lowest BCUT2D eigenvalue weighted by atomic mass is 10.3. The maximum Gasteiger partial charge on any atom is 0.477 e. The SMILES string of the molecule is C/C(=C\COP(N)(=O)OP(=O)(O)O)CO. The van der Waals surface area contributed by atoms with E-state index >= 15 is 0 Å². The van der Waals surface area contributed by atoms with Crippen molar-refractivity contribution in [2.75, 3.05) is 13.2 Å². The molecule has 0 aliphatic heterocycles. The minimum atomic E-state index is -4.94. The van der Waals surface area contributed by atoms with E-state index in [9.17, 15) is 9.13 Å². The van der Waals surface area contributed by atoms with Gasteiger partial charge in [0.25, 0.3) is 0 Å². The normalized spacial score (nSPS) is 17.5. The summed E-state index contributed by atoms with van der Waals surface area (Å²) in [6, 6.07) is 0. The molecule has 15 heavy (non-hydrogen) atoms. The van der Waals surface area contributed by atoms with E-state index in [1.807, 2.05) is 0 Å². The molecule has 0 radical (unpaired) electrons. The Bertz CT molecular complexity index is 321. The van der Waals surface area contributed by atoms with Crippen molar-refractivity contribution in [3.05, 3.63) is 11.6 Å². The second-order valence-corrected chi connectivity index (χ2v) is 5.59. The fourth-order valence-corrected chi connectivity index (χ4v) is 2.18. The Morgan fingerprint density at radius 1 is 1.47 bits per heavy atom. The van der Waals surface area contributed by atoms with E-state index in [-0.39, 0.29) is 13.2 Å². The third-order valence-corrected chi connectivity index (χ3v) is 3.43. The molecule has 5 N–H and O–H groups in total. The van der Waals surface area contributed by atoms with Crippen LogP contribution in [0.2, 0.25) is 0 Å². The highest BCUT2D eigenvalue weighted by molar-refractivity contribution is 7.62. The molecule has 1 unspecified atom stereocenters. The molecule has 0 rings (SSSR count). The highest BCUT2D eigenvalue weighted by atomic mass is 31.3. The summed E-state index contributed by atoms with van der Waals surface area (Å²) in [6.45, 7) is 1.09. The Labute approximate surface area is 86.5 Å². The Hall–Kier alpha value is -0.0400. The molecule has 90 valence electrons. The van der Waals surface area contributed by atoms with Crippen LogP contribution in [0.5, 0.6) is 0 Å². The molecule has 0 saturated heterocycles. The first-order valence-electron chi connectivity index (χ1n) is 3.73. The minimum Gasteiger partial charge on any atom is -0.392 e. The first kappa shape index (κ1) is 15.0. The maximum absolute atomic E-state index is 11.0. The molecule has 0 spiro atoms. The van der Waals surface area contributed by atoms with Crippen molar-refractivity contribution in [1.29, 1.82) is 0 Å². The zero-order chi connectivity index (χ0) is 12.1. The van der Waals surface area contributed by atoms with Gasteiger partial charge in [0.05, 0.1) is 13.2 Å². The molecule has 10 heteroatoms. The lowest BCUT2D eigenvalue weighted by Gasteiger charge is -2.12. The zero-order valence-electron chi connectivity index (χ0n) is 7.94. The van der Waals surface area contributed by atoms with Crippen molar-refractivity contribution in [3.8, 4) is 0 Å². The van der Waals surface area contributed by atoms with Crippen LogP contribution < -0.4 is 5.50 Å². The molecular formula is C5H13NO7P2. The Balaban J connectivity index is 4.18. The predicted molar refractivity (Wildman–Crippen MR) is 51.7 cm³/mol. The van der Waals surface area contributed by atoms with Gasteiger partial charge >= 0.3 is 15.6 Å². The molecular weight excluding hydrogens is 248 g/mol. The van der Waals surface area contributed by atoms with Crippen LogP contribution in [-0.4, -0.2) is 28.1 Å². The molecule has 0 aromatic heterocycles. The molecule has 0 bridgehead atoms. The third kappa shape index (κ3) is 8.92. The van der Waals surface area contributed by atoms with Gasteiger partial charge in [-0.05, 0) is 12.5 Å². The van der Waals surface area contributed by atoms with Crippen LogP contribution >= 0.6 is 15.6 Å². The Morgan fingerprint density at radius 3 is 2.40 bits per heavy atom. The topological polar surface area (TPSA) is 139 Å². The van der Waals surface area contributed by atoms with E-state index in [0.717, 1.165) is 0 Å². The van der Waals surface area contributed by atoms with Crippen molar-refractivity contribution in [2.24, 2.45) is 5.50 Å². The first-order valence-corrected chi connectivity index (χ1v) is 6.87. The van der Waals surface area contributed by atoms with Gasteiger partial charge in [-0.15, -0.1) is 0 Å². The van der Waals surface area contributed by atoms with Crippen LogP contribution in [-0.2, 0) is 18.0 Å². The summed E-state index contributed by atoms with van der Waals surface area (Å²) in [5.41, 5.74) is 5.39. The van der Waals surface area contributed by atoms with Crippen LogP contribution in [0.1, 0.15) is 6.92 Å². The van der Waals surface area contributed by atoms with E-state index in [1.165, 1.54) is 6.08 Å². The molecule has 0 fully saturated rings. The van der Waals surface area contributed by atoms with Gasteiger partial charge in [0.1, 0.15) is 0 Å². The quantitative estimate of drug-likeness (QED) is 0.390. The molecule has 0 aliphatic carbocycles. The average molecular weight is 261 g/mol. The van der Waals surface area contributed by atoms with E-state index in [2.05, 4.69) is 8.83 Å².